The maximum absolute atomic E-state index is 6.19. The number of likely N-dealkylation sites (N-methyl/N-ethyl adjacent to an activating group) is 1. The molecule has 2 aromatic rings. The van der Waals surface area contributed by atoms with Crippen LogP contribution in [0.3, 0.4) is 0 Å². The van der Waals surface area contributed by atoms with Crippen molar-refractivity contribution >= 4 is 5.69 Å². The third-order valence-corrected chi connectivity index (χ3v) is 5.08. The van der Waals surface area contributed by atoms with Crippen LogP contribution in [0.2, 0.25) is 0 Å². The van der Waals surface area contributed by atoms with Gasteiger partial charge in [0.25, 0.3) is 0 Å². The van der Waals surface area contributed by atoms with Crippen LogP contribution in [0, 0.1) is 0 Å². The van der Waals surface area contributed by atoms with Gasteiger partial charge in [-0.25, -0.2) is 9.36 Å². The Morgan fingerprint density at radius 2 is 2.13 bits per heavy atom. The molecule has 7 heteroatoms. The molecule has 0 bridgehead atoms. The van der Waals surface area contributed by atoms with E-state index in [9.17, 15) is 0 Å². The molecule has 0 amide bonds. The van der Waals surface area contributed by atoms with Gasteiger partial charge in [0.1, 0.15) is 11.8 Å². The van der Waals surface area contributed by atoms with Gasteiger partial charge in [0.15, 0.2) is 0 Å². The summed E-state index contributed by atoms with van der Waals surface area (Å²) in [5, 5.41) is 8.73. The summed E-state index contributed by atoms with van der Waals surface area (Å²) in [6.45, 7) is 6.97. The van der Waals surface area contributed by atoms with Gasteiger partial charge in [0, 0.05) is 39.0 Å². The van der Waals surface area contributed by atoms with Gasteiger partial charge in [0.2, 0.25) is 11.8 Å². The Kier molecular flexibility index (Phi) is 3.25. The second-order valence-corrected chi connectivity index (χ2v) is 6.76. The molecular formula is C16H23N5O2. The fourth-order valence-electron chi connectivity index (χ4n) is 3.34. The summed E-state index contributed by atoms with van der Waals surface area (Å²) >= 11 is 0. The molecular weight excluding hydrogens is 294 g/mol. The van der Waals surface area contributed by atoms with Crippen LogP contribution < -0.4 is 14.4 Å². The van der Waals surface area contributed by atoms with Crippen molar-refractivity contribution in [3.05, 3.63) is 18.5 Å². The third kappa shape index (κ3) is 2.26. The average molecular weight is 317 g/mol. The van der Waals surface area contributed by atoms with E-state index in [1.54, 1.807) is 6.20 Å². The van der Waals surface area contributed by atoms with Crippen LogP contribution in [-0.2, 0) is 13.1 Å². The molecule has 0 radical (unpaired) electrons. The molecule has 7 nitrogen and oxygen atoms in total. The van der Waals surface area contributed by atoms with E-state index >= 15 is 0 Å². The van der Waals surface area contributed by atoms with Crippen molar-refractivity contribution in [3.8, 4) is 11.8 Å². The predicted molar refractivity (Wildman–Crippen MR) is 86.1 cm³/mol. The average Bonchev–Trinajstić information content (AvgIpc) is 3.20. The Labute approximate surface area is 135 Å². The lowest BCUT2D eigenvalue weighted by Gasteiger charge is -2.44. The molecule has 4 rings (SSSR count). The molecule has 2 aliphatic heterocycles. The molecule has 124 valence electrons. The Bertz CT molecular complexity index is 705. The quantitative estimate of drug-likeness (QED) is 0.866. The first-order chi connectivity index (χ1) is 11.1. The SMILES string of the molecule is CN(c1cnn2c1OCCC2)C(C)(C)C1CCn2nccc2O1. The summed E-state index contributed by atoms with van der Waals surface area (Å²) in [5.41, 5.74) is 0.832. The summed E-state index contributed by atoms with van der Waals surface area (Å²) in [7, 11) is 2.09. The van der Waals surface area contributed by atoms with Gasteiger partial charge in [-0.05, 0) is 13.8 Å². The molecule has 0 N–H and O–H groups in total. The zero-order chi connectivity index (χ0) is 16.0. The number of rotatable bonds is 3. The van der Waals surface area contributed by atoms with Crippen LogP contribution in [0.15, 0.2) is 18.5 Å². The molecule has 0 aromatic carbocycles. The lowest BCUT2D eigenvalue weighted by atomic mass is 9.91. The number of nitrogens with zero attached hydrogens (tertiary/aromatic N) is 5. The molecule has 4 heterocycles. The second kappa shape index (κ2) is 5.18. The molecule has 0 aliphatic carbocycles. The highest BCUT2D eigenvalue weighted by atomic mass is 16.5. The van der Waals surface area contributed by atoms with E-state index in [1.807, 2.05) is 21.6 Å². The minimum Gasteiger partial charge on any atom is -0.476 e. The van der Waals surface area contributed by atoms with Gasteiger partial charge in [-0.2, -0.15) is 10.2 Å². The molecule has 0 saturated heterocycles. The normalized spacial score (nSPS) is 20.2. The van der Waals surface area contributed by atoms with Crippen molar-refractivity contribution in [1.29, 1.82) is 0 Å². The molecule has 0 spiro atoms. The molecule has 0 saturated carbocycles. The largest absolute Gasteiger partial charge is 0.476 e. The van der Waals surface area contributed by atoms with Gasteiger partial charge >= 0.3 is 0 Å². The van der Waals surface area contributed by atoms with Crippen molar-refractivity contribution < 1.29 is 9.47 Å². The number of hydrogen-bond donors (Lipinski definition) is 0. The van der Waals surface area contributed by atoms with Gasteiger partial charge < -0.3 is 14.4 Å². The van der Waals surface area contributed by atoms with Crippen LogP contribution in [0.4, 0.5) is 5.69 Å². The Morgan fingerprint density at radius 3 is 3.00 bits per heavy atom. The maximum Gasteiger partial charge on any atom is 0.236 e. The highest BCUT2D eigenvalue weighted by Gasteiger charge is 2.39. The Morgan fingerprint density at radius 1 is 1.26 bits per heavy atom. The van der Waals surface area contributed by atoms with Gasteiger partial charge in [-0.1, -0.05) is 0 Å². The Hall–Kier alpha value is -2.18. The van der Waals surface area contributed by atoms with Crippen LogP contribution in [-0.4, -0.2) is 44.9 Å². The van der Waals surface area contributed by atoms with Crippen LogP contribution in [0.25, 0.3) is 0 Å². The number of hydrogen-bond acceptors (Lipinski definition) is 5. The van der Waals surface area contributed by atoms with Crippen molar-refractivity contribution in [2.24, 2.45) is 0 Å². The van der Waals surface area contributed by atoms with Gasteiger partial charge in [-0.15, -0.1) is 0 Å². The van der Waals surface area contributed by atoms with Crippen LogP contribution in [0.5, 0.6) is 11.8 Å². The summed E-state index contributed by atoms with van der Waals surface area (Å²) in [4.78, 5) is 2.23. The zero-order valence-corrected chi connectivity index (χ0v) is 13.9. The summed E-state index contributed by atoms with van der Waals surface area (Å²) in [6, 6.07) is 1.92. The van der Waals surface area contributed by atoms with E-state index in [0.717, 1.165) is 50.0 Å². The third-order valence-electron chi connectivity index (χ3n) is 5.08. The van der Waals surface area contributed by atoms with E-state index in [4.69, 9.17) is 9.47 Å². The van der Waals surface area contributed by atoms with E-state index in [2.05, 4.69) is 36.0 Å². The number of aryl methyl sites for hydroxylation is 2. The van der Waals surface area contributed by atoms with Gasteiger partial charge in [0.05, 0.1) is 24.5 Å². The molecule has 2 aromatic heterocycles. The molecule has 1 unspecified atom stereocenters. The smallest absolute Gasteiger partial charge is 0.236 e. The van der Waals surface area contributed by atoms with Crippen molar-refractivity contribution in [1.82, 2.24) is 19.6 Å². The van der Waals surface area contributed by atoms with E-state index in [-0.39, 0.29) is 11.6 Å². The lowest BCUT2D eigenvalue weighted by molar-refractivity contribution is 0.0742. The van der Waals surface area contributed by atoms with Crippen molar-refractivity contribution in [2.45, 2.75) is 51.4 Å². The monoisotopic (exact) mass is 317 g/mol. The summed E-state index contributed by atoms with van der Waals surface area (Å²) in [6.07, 6.45) is 5.70. The first kappa shape index (κ1) is 14.4. The van der Waals surface area contributed by atoms with E-state index in [0.29, 0.717) is 0 Å². The van der Waals surface area contributed by atoms with Gasteiger partial charge in [-0.3, -0.25) is 0 Å². The number of fused-ring (bicyclic) bond motifs is 2. The number of anilines is 1. The van der Waals surface area contributed by atoms with Crippen molar-refractivity contribution in [2.75, 3.05) is 18.6 Å². The summed E-state index contributed by atoms with van der Waals surface area (Å²) in [5.74, 6) is 1.71. The topological polar surface area (TPSA) is 57.3 Å². The molecule has 0 fully saturated rings. The molecule has 1 atom stereocenters. The predicted octanol–water partition coefficient (Wildman–Crippen LogP) is 1.93. The lowest BCUT2D eigenvalue weighted by Crippen LogP contribution is -2.54. The Balaban J connectivity index is 1.60. The first-order valence-electron chi connectivity index (χ1n) is 8.18. The fourth-order valence-corrected chi connectivity index (χ4v) is 3.34. The minimum atomic E-state index is -0.194. The number of ether oxygens (including phenoxy) is 2. The van der Waals surface area contributed by atoms with E-state index < -0.39 is 0 Å². The molecule has 2 aliphatic rings. The summed E-state index contributed by atoms with van der Waals surface area (Å²) < 4.78 is 15.9. The fraction of sp³-hybridized carbons (Fsp3) is 0.625. The minimum absolute atomic E-state index is 0.0795. The first-order valence-corrected chi connectivity index (χ1v) is 8.18. The number of aromatic nitrogens is 4. The second-order valence-electron chi connectivity index (χ2n) is 6.76. The van der Waals surface area contributed by atoms with Crippen molar-refractivity contribution in [3.63, 3.8) is 0 Å². The highest BCUT2D eigenvalue weighted by Crippen LogP contribution is 2.37. The highest BCUT2D eigenvalue weighted by molar-refractivity contribution is 5.56. The van der Waals surface area contributed by atoms with Crippen LogP contribution in [0.1, 0.15) is 26.7 Å². The molecule has 23 heavy (non-hydrogen) atoms. The van der Waals surface area contributed by atoms with E-state index in [1.165, 1.54) is 0 Å². The maximum atomic E-state index is 6.19. The van der Waals surface area contributed by atoms with Crippen LogP contribution >= 0.6 is 0 Å². The zero-order valence-electron chi connectivity index (χ0n) is 13.9. The standard InChI is InChI=1S/C16H23N5O2/c1-16(2,13-6-9-20-14(23-13)5-7-17-20)19(3)12-11-18-21-8-4-10-22-15(12)21/h5,7,11,13H,4,6,8-10H2,1-3H3.